The number of nitrogens with zero attached hydrogens (tertiary/aromatic N) is 4. The first kappa shape index (κ1) is 30.5. The third-order valence-electron chi connectivity index (χ3n) is 6.40. The number of carbonyl (C=O) groups excluding carboxylic acids is 3. The molecule has 1 atom stereocenters. The maximum atomic E-state index is 13.4. The highest BCUT2D eigenvalue weighted by Crippen LogP contribution is 2.19. The Morgan fingerprint density at radius 3 is 2.30 bits per heavy atom. The van der Waals surface area contributed by atoms with Gasteiger partial charge in [0.2, 0.25) is 5.91 Å². The highest BCUT2D eigenvalue weighted by Gasteiger charge is 2.31. The second kappa shape index (κ2) is 13.8. The van der Waals surface area contributed by atoms with Crippen molar-refractivity contribution in [3.8, 4) is 11.4 Å². The molecule has 12 nitrogen and oxygen atoms in total. The topological polar surface area (TPSA) is 162 Å². The predicted octanol–water partition coefficient (Wildman–Crippen LogP) is 2.11. The van der Waals surface area contributed by atoms with Crippen LogP contribution in [0, 0.1) is 0 Å². The van der Waals surface area contributed by atoms with E-state index in [4.69, 9.17) is 4.74 Å². The van der Waals surface area contributed by atoms with Crippen molar-refractivity contribution in [3.63, 3.8) is 0 Å². The number of aliphatic carboxylic acids is 1. The number of rotatable bonds is 11. The van der Waals surface area contributed by atoms with E-state index < -0.39 is 35.5 Å². The molecule has 0 unspecified atom stereocenters. The summed E-state index contributed by atoms with van der Waals surface area (Å²) in [5.41, 5.74) is 0.329. The van der Waals surface area contributed by atoms with Crippen LogP contribution in [-0.4, -0.2) is 98.3 Å². The van der Waals surface area contributed by atoms with E-state index in [0.717, 1.165) is 0 Å². The first-order valence-electron chi connectivity index (χ1n) is 13.4. The zero-order valence-corrected chi connectivity index (χ0v) is 23.1. The number of benzene rings is 1. The van der Waals surface area contributed by atoms with E-state index in [2.05, 4.69) is 15.3 Å². The smallest absolute Gasteiger partial charge is 0.409 e. The average molecular weight is 556 g/mol. The van der Waals surface area contributed by atoms with Crippen molar-refractivity contribution in [2.75, 3.05) is 32.8 Å². The highest BCUT2D eigenvalue weighted by atomic mass is 16.6. The number of nitrogens with one attached hydrogen (secondary N) is 1. The van der Waals surface area contributed by atoms with Gasteiger partial charge in [0.25, 0.3) is 5.91 Å². The predicted molar refractivity (Wildman–Crippen MR) is 145 cm³/mol. The number of aromatic nitrogens is 2. The molecule has 0 radical (unpaired) electrons. The summed E-state index contributed by atoms with van der Waals surface area (Å²) >= 11 is 0. The second-order valence-electron chi connectivity index (χ2n) is 10.2. The lowest BCUT2D eigenvalue weighted by molar-refractivity contribution is -0.138. The Labute approximate surface area is 233 Å². The molecule has 2 aromatic rings. The SMILES string of the molecule is CCOC(=O)N1CCN(C(=O)[C@H](CCC(=O)O)NC(=O)c2cc(CCC(C)(C)O)nc(-c3ccccc3)n2)CC1. The van der Waals surface area contributed by atoms with Crippen LogP contribution in [0.1, 0.15) is 56.2 Å². The molecule has 0 aliphatic carbocycles. The van der Waals surface area contributed by atoms with Gasteiger partial charge < -0.3 is 30.1 Å². The summed E-state index contributed by atoms with van der Waals surface area (Å²) < 4.78 is 5.01. The second-order valence-corrected chi connectivity index (χ2v) is 10.2. The molecule has 1 fully saturated rings. The number of piperazine rings is 1. The van der Waals surface area contributed by atoms with E-state index in [1.807, 2.05) is 30.3 Å². The molecule has 3 rings (SSSR count). The minimum atomic E-state index is -1.10. The van der Waals surface area contributed by atoms with E-state index in [0.29, 0.717) is 29.9 Å². The summed E-state index contributed by atoms with van der Waals surface area (Å²) in [6.07, 6.45) is -0.103. The van der Waals surface area contributed by atoms with E-state index in [-0.39, 0.29) is 51.3 Å². The molecule has 1 aliphatic heterocycles. The largest absolute Gasteiger partial charge is 0.481 e. The average Bonchev–Trinajstić information content (AvgIpc) is 2.93. The van der Waals surface area contributed by atoms with Crippen LogP contribution >= 0.6 is 0 Å². The standard InChI is InChI=1S/C28H37N5O7/c1-4-40-27(38)33-16-14-32(15-17-33)26(37)21(10-11-23(34)35)31-25(36)22-18-20(12-13-28(2,3)39)29-24(30-22)19-8-6-5-7-9-19/h5-9,18,21,39H,4,10-17H2,1-3H3,(H,31,36)(H,34,35)/t21-/m0/s1. The summed E-state index contributed by atoms with van der Waals surface area (Å²) in [7, 11) is 0. The Balaban J connectivity index is 1.81. The molecule has 12 heteroatoms. The number of ether oxygens (including phenoxy) is 1. The fourth-order valence-electron chi connectivity index (χ4n) is 4.19. The van der Waals surface area contributed by atoms with Gasteiger partial charge in [-0.05, 0) is 46.1 Å². The van der Waals surface area contributed by atoms with Crippen LogP contribution in [-0.2, 0) is 20.7 Å². The van der Waals surface area contributed by atoms with E-state index in [1.54, 1.807) is 20.8 Å². The normalized spacial score (nSPS) is 14.4. The van der Waals surface area contributed by atoms with Crippen LogP contribution in [0.5, 0.6) is 0 Å². The van der Waals surface area contributed by atoms with Crippen molar-refractivity contribution in [1.82, 2.24) is 25.1 Å². The third-order valence-corrected chi connectivity index (χ3v) is 6.40. The Hall–Kier alpha value is -4.06. The summed E-state index contributed by atoms with van der Waals surface area (Å²) in [5.74, 6) is -1.85. The molecule has 1 aliphatic rings. The van der Waals surface area contributed by atoms with Gasteiger partial charge in [0.15, 0.2) is 5.82 Å². The van der Waals surface area contributed by atoms with Gasteiger partial charge in [0.05, 0.1) is 12.2 Å². The summed E-state index contributed by atoms with van der Waals surface area (Å²) in [5, 5.41) is 22.1. The number of hydrogen-bond acceptors (Lipinski definition) is 8. The molecule has 1 aromatic heterocycles. The fourth-order valence-corrected chi connectivity index (χ4v) is 4.19. The number of hydrogen-bond donors (Lipinski definition) is 3. The number of carboxylic acid groups (broad SMARTS) is 1. The van der Waals surface area contributed by atoms with Crippen LogP contribution in [0.4, 0.5) is 4.79 Å². The number of aliphatic hydroxyl groups is 1. The molecule has 40 heavy (non-hydrogen) atoms. The minimum Gasteiger partial charge on any atom is -0.481 e. The molecule has 1 aromatic carbocycles. The van der Waals surface area contributed by atoms with Crippen LogP contribution in [0.2, 0.25) is 0 Å². The molecule has 3 N–H and O–H groups in total. The van der Waals surface area contributed by atoms with Crippen LogP contribution in [0.15, 0.2) is 36.4 Å². The van der Waals surface area contributed by atoms with Crippen LogP contribution in [0.3, 0.4) is 0 Å². The van der Waals surface area contributed by atoms with Crippen molar-refractivity contribution in [2.45, 2.75) is 58.1 Å². The van der Waals surface area contributed by atoms with E-state index in [9.17, 15) is 29.4 Å². The zero-order chi connectivity index (χ0) is 29.3. The van der Waals surface area contributed by atoms with E-state index >= 15 is 0 Å². The lowest BCUT2D eigenvalue weighted by Gasteiger charge is -2.35. The molecular weight excluding hydrogens is 518 g/mol. The maximum absolute atomic E-state index is 13.4. The third kappa shape index (κ3) is 9.01. The van der Waals surface area contributed by atoms with Gasteiger partial charge >= 0.3 is 12.1 Å². The number of aryl methyl sites for hydroxylation is 1. The van der Waals surface area contributed by atoms with Crippen molar-refractivity contribution in [2.24, 2.45) is 0 Å². The molecule has 216 valence electrons. The highest BCUT2D eigenvalue weighted by molar-refractivity contribution is 5.96. The lowest BCUT2D eigenvalue weighted by atomic mass is 10.0. The van der Waals surface area contributed by atoms with Crippen molar-refractivity contribution >= 4 is 23.9 Å². The molecule has 0 bridgehead atoms. The quantitative estimate of drug-likeness (QED) is 0.377. The van der Waals surface area contributed by atoms with Gasteiger partial charge in [-0.2, -0.15) is 0 Å². The zero-order valence-electron chi connectivity index (χ0n) is 23.1. The first-order valence-corrected chi connectivity index (χ1v) is 13.4. The van der Waals surface area contributed by atoms with Crippen LogP contribution in [0.25, 0.3) is 11.4 Å². The van der Waals surface area contributed by atoms with Gasteiger partial charge in [-0.3, -0.25) is 14.4 Å². The molecule has 1 saturated heterocycles. The van der Waals surface area contributed by atoms with Gasteiger partial charge in [0, 0.05) is 43.9 Å². The number of amides is 3. The van der Waals surface area contributed by atoms with Crippen molar-refractivity contribution in [3.05, 3.63) is 47.8 Å². The Morgan fingerprint density at radius 2 is 1.70 bits per heavy atom. The fraction of sp³-hybridized carbons (Fsp3) is 0.500. The summed E-state index contributed by atoms with van der Waals surface area (Å²) in [4.78, 5) is 62.1. The van der Waals surface area contributed by atoms with Gasteiger partial charge in [-0.25, -0.2) is 14.8 Å². The first-order chi connectivity index (χ1) is 19.0. The van der Waals surface area contributed by atoms with Gasteiger partial charge in [0.1, 0.15) is 11.7 Å². The monoisotopic (exact) mass is 555 g/mol. The van der Waals surface area contributed by atoms with Crippen molar-refractivity contribution in [1.29, 1.82) is 0 Å². The molecule has 3 amide bonds. The van der Waals surface area contributed by atoms with Crippen molar-refractivity contribution < 1.29 is 34.1 Å². The Kier molecular flexibility index (Phi) is 10.5. The molecule has 0 saturated carbocycles. The maximum Gasteiger partial charge on any atom is 0.409 e. The Morgan fingerprint density at radius 1 is 1.05 bits per heavy atom. The molecule has 0 spiro atoms. The lowest BCUT2D eigenvalue weighted by Crippen LogP contribution is -2.56. The van der Waals surface area contributed by atoms with Crippen LogP contribution < -0.4 is 5.32 Å². The summed E-state index contributed by atoms with van der Waals surface area (Å²) in [6.45, 7) is 6.31. The Bertz CT molecular complexity index is 1190. The summed E-state index contributed by atoms with van der Waals surface area (Å²) in [6, 6.07) is 9.53. The van der Waals surface area contributed by atoms with Gasteiger partial charge in [-0.1, -0.05) is 30.3 Å². The van der Waals surface area contributed by atoms with E-state index in [1.165, 1.54) is 15.9 Å². The van der Waals surface area contributed by atoms with Gasteiger partial charge in [-0.15, -0.1) is 0 Å². The number of carboxylic acids is 1. The molecular formula is C28H37N5O7. The minimum absolute atomic E-state index is 0.0276. The molecule has 2 heterocycles. The number of carbonyl (C=O) groups is 4.